The van der Waals surface area contributed by atoms with E-state index in [4.69, 9.17) is 24.0 Å². The van der Waals surface area contributed by atoms with Gasteiger partial charge in [-0.05, 0) is 64.3 Å². The maximum absolute atomic E-state index is 11.7. The van der Waals surface area contributed by atoms with E-state index in [9.17, 15) is 4.79 Å². The van der Waals surface area contributed by atoms with Gasteiger partial charge >= 0.3 is 5.97 Å². The maximum Gasteiger partial charge on any atom is 0.320 e. The van der Waals surface area contributed by atoms with E-state index in [1.807, 2.05) is 13.8 Å². The van der Waals surface area contributed by atoms with Crippen LogP contribution in [-0.4, -0.2) is 85.4 Å². The van der Waals surface area contributed by atoms with E-state index in [0.29, 0.717) is 30.9 Å². The van der Waals surface area contributed by atoms with Crippen LogP contribution in [0.4, 0.5) is 0 Å². The highest BCUT2D eigenvalue weighted by atomic mass is 17.3. The van der Waals surface area contributed by atoms with E-state index in [0.717, 1.165) is 58.4 Å². The molecular formula is C25H42N2O6. The minimum atomic E-state index is -0.688. The fourth-order valence-corrected chi connectivity index (χ4v) is 7.04. The third-order valence-electron chi connectivity index (χ3n) is 8.92. The Morgan fingerprint density at radius 1 is 1.09 bits per heavy atom. The van der Waals surface area contributed by atoms with Gasteiger partial charge in [-0.2, -0.15) is 0 Å². The topological polar surface area (TPSA) is 69.7 Å². The molecule has 5 heterocycles. The van der Waals surface area contributed by atoms with Gasteiger partial charge in [0.15, 0.2) is 11.9 Å². The van der Waals surface area contributed by atoms with Crippen LogP contribution in [0.25, 0.3) is 0 Å². The first-order chi connectivity index (χ1) is 15.9. The Labute approximate surface area is 198 Å². The van der Waals surface area contributed by atoms with E-state index in [1.165, 1.54) is 19.3 Å². The molecule has 6 fully saturated rings. The Bertz CT molecular complexity index is 700. The van der Waals surface area contributed by atoms with Gasteiger partial charge in [-0.1, -0.05) is 13.3 Å². The van der Waals surface area contributed by atoms with Crippen LogP contribution in [0.3, 0.4) is 0 Å². The summed E-state index contributed by atoms with van der Waals surface area (Å²) in [6, 6.07) is 0. The fourth-order valence-electron chi connectivity index (χ4n) is 7.04. The normalized spacial score (nSPS) is 43.7. The quantitative estimate of drug-likeness (QED) is 0.419. The Morgan fingerprint density at radius 2 is 1.88 bits per heavy atom. The first-order valence-corrected chi connectivity index (χ1v) is 13.2. The predicted molar refractivity (Wildman–Crippen MR) is 121 cm³/mol. The van der Waals surface area contributed by atoms with Crippen LogP contribution in [0.2, 0.25) is 0 Å². The van der Waals surface area contributed by atoms with Crippen molar-refractivity contribution in [2.45, 2.75) is 89.5 Å². The van der Waals surface area contributed by atoms with E-state index >= 15 is 0 Å². The van der Waals surface area contributed by atoms with E-state index < -0.39 is 11.4 Å². The summed E-state index contributed by atoms with van der Waals surface area (Å²) < 4.78 is 18.2. The van der Waals surface area contributed by atoms with Gasteiger partial charge < -0.3 is 19.1 Å². The van der Waals surface area contributed by atoms with E-state index in [-0.39, 0.29) is 18.4 Å². The Balaban J connectivity index is 1.13. The molecule has 1 saturated carbocycles. The molecule has 33 heavy (non-hydrogen) atoms. The molecule has 5 saturated heterocycles. The lowest BCUT2D eigenvalue weighted by Crippen LogP contribution is -2.69. The van der Waals surface area contributed by atoms with Crippen LogP contribution < -0.4 is 0 Å². The molecule has 0 N–H and O–H groups in total. The summed E-state index contributed by atoms with van der Waals surface area (Å²) in [5.74, 6) is 0.510. The minimum absolute atomic E-state index is 0.116. The zero-order chi connectivity index (χ0) is 23.1. The van der Waals surface area contributed by atoms with Crippen molar-refractivity contribution in [3.63, 3.8) is 0 Å². The number of rotatable bonds is 7. The molecule has 2 bridgehead atoms. The molecule has 6 rings (SSSR count). The van der Waals surface area contributed by atoms with Crippen LogP contribution >= 0.6 is 0 Å². The second-order valence-corrected chi connectivity index (χ2v) is 11.0. The SMILES string of the molecule is CCOC(=O)CN1CCN(CCCC2OC3OC4(C)CCC5CCCC(C2C)C53OO4)CC1. The first-order valence-electron chi connectivity index (χ1n) is 13.2. The average molecular weight is 467 g/mol. The van der Waals surface area contributed by atoms with E-state index in [2.05, 4.69) is 16.7 Å². The summed E-state index contributed by atoms with van der Waals surface area (Å²) in [6.45, 7) is 12.0. The summed E-state index contributed by atoms with van der Waals surface area (Å²) in [4.78, 5) is 28.5. The summed E-state index contributed by atoms with van der Waals surface area (Å²) in [7, 11) is 0. The van der Waals surface area contributed by atoms with Gasteiger partial charge in [0.2, 0.25) is 5.79 Å². The second-order valence-electron chi connectivity index (χ2n) is 11.0. The van der Waals surface area contributed by atoms with Crippen LogP contribution in [-0.2, 0) is 28.8 Å². The molecular weight excluding hydrogens is 424 g/mol. The molecule has 0 radical (unpaired) electrons. The van der Waals surface area contributed by atoms with E-state index in [1.54, 1.807) is 0 Å². The Kier molecular flexibility index (Phi) is 7.04. The van der Waals surface area contributed by atoms with Gasteiger partial charge in [0, 0.05) is 38.5 Å². The van der Waals surface area contributed by atoms with Gasteiger partial charge in [-0.3, -0.25) is 9.69 Å². The average Bonchev–Trinajstić information content (AvgIpc) is 3.03. The standard InChI is InChI=1S/C25H42N2O6/c1-4-29-22(28)17-27-15-13-26(14-16-27)12-6-9-21-18(2)20-8-5-7-19-10-11-24(3)31-23(30-21)25(19,20)33-32-24/h18-21,23H,4-17H2,1-3H3. The van der Waals surface area contributed by atoms with Crippen molar-refractivity contribution >= 4 is 5.97 Å². The van der Waals surface area contributed by atoms with Crippen LogP contribution in [0, 0.1) is 17.8 Å². The van der Waals surface area contributed by atoms with Gasteiger partial charge in [-0.25, -0.2) is 9.78 Å². The van der Waals surface area contributed by atoms with Gasteiger partial charge in [0.1, 0.15) is 0 Å². The van der Waals surface area contributed by atoms with Crippen molar-refractivity contribution in [2.24, 2.45) is 17.8 Å². The monoisotopic (exact) mass is 466 g/mol. The lowest BCUT2D eigenvalue weighted by atomic mass is 9.60. The third-order valence-corrected chi connectivity index (χ3v) is 8.92. The Morgan fingerprint density at radius 3 is 2.67 bits per heavy atom. The smallest absolute Gasteiger partial charge is 0.320 e. The lowest BCUT2D eigenvalue weighted by Gasteiger charge is -2.59. The van der Waals surface area contributed by atoms with Gasteiger partial charge in [-0.15, -0.1) is 0 Å². The van der Waals surface area contributed by atoms with Crippen LogP contribution in [0.5, 0.6) is 0 Å². The van der Waals surface area contributed by atoms with Crippen LogP contribution in [0.1, 0.15) is 65.7 Å². The molecule has 8 heteroatoms. The van der Waals surface area contributed by atoms with Crippen molar-refractivity contribution in [2.75, 3.05) is 45.9 Å². The summed E-state index contributed by atoms with van der Waals surface area (Å²) in [5, 5.41) is 0. The number of hydrogen-bond acceptors (Lipinski definition) is 8. The second kappa shape index (κ2) is 9.70. The molecule has 8 nitrogen and oxygen atoms in total. The van der Waals surface area contributed by atoms with Gasteiger partial charge in [0.05, 0.1) is 19.3 Å². The highest BCUT2D eigenvalue weighted by Gasteiger charge is 2.67. The highest BCUT2D eigenvalue weighted by molar-refractivity contribution is 5.71. The molecule has 0 amide bonds. The molecule has 1 spiro atoms. The Hall–Kier alpha value is -0.770. The van der Waals surface area contributed by atoms with Crippen molar-refractivity contribution in [3.8, 4) is 0 Å². The number of carbonyl (C=O) groups is 1. The van der Waals surface area contributed by atoms with Crippen molar-refractivity contribution in [1.29, 1.82) is 0 Å². The number of esters is 1. The molecule has 5 aliphatic heterocycles. The zero-order valence-corrected chi connectivity index (χ0v) is 20.6. The highest BCUT2D eigenvalue weighted by Crippen LogP contribution is 2.59. The number of ether oxygens (including phenoxy) is 3. The lowest BCUT2D eigenvalue weighted by molar-refractivity contribution is -0.569. The molecule has 0 aromatic rings. The zero-order valence-electron chi connectivity index (χ0n) is 20.6. The number of piperazine rings is 1. The number of fused-ring (bicyclic) bond motifs is 2. The molecule has 0 aromatic heterocycles. The first kappa shape index (κ1) is 23.9. The molecule has 188 valence electrons. The predicted octanol–water partition coefficient (Wildman–Crippen LogP) is 2.95. The minimum Gasteiger partial charge on any atom is -0.465 e. The van der Waals surface area contributed by atoms with Gasteiger partial charge in [0.25, 0.3) is 0 Å². The molecule has 0 aromatic carbocycles. The largest absolute Gasteiger partial charge is 0.465 e. The maximum atomic E-state index is 11.7. The van der Waals surface area contributed by atoms with Crippen LogP contribution in [0.15, 0.2) is 0 Å². The number of carbonyl (C=O) groups excluding carboxylic acids is 1. The number of nitrogens with zero attached hydrogens (tertiary/aromatic N) is 2. The molecule has 7 atom stereocenters. The summed E-state index contributed by atoms with van der Waals surface area (Å²) >= 11 is 0. The molecule has 7 unspecified atom stereocenters. The molecule has 1 aliphatic carbocycles. The molecule has 6 aliphatic rings. The fraction of sp³-hybridized carbons (Fsp3) is 0.960. The number of hydrogen-bond donors (Lipinski definition) is 0. The van der Waals surface area contributed by atoms with Crippen molar-refractivity contribution in [3.05, 3.63) is 0 Å². The summed E-state index contributed by atoms with van der Waals surface area (Å²) in [6.07, 6.45) is 7.59. The van der Waals surface area contributed by atoms with Crippen molar-refractivity contribution in [1.82, 2.24) is 9.80 Å². The van der Waals surface area contributed by atoms with Crippen molar-refractivity contribution < 1.29 is 28.8 Å². The third kappa shape index (κ3) is 4.59. The summed E-state index contributed by atoms with van der Waals surface area (Å²) in [5.41, 5.74) is -0.431.